The summed E-state index contributed by atoms with van der Waals surface area (Å²) in [4.78, 5) is 0. The fourth-order valence-electron chi connectivity index (χ4n) is 2.32. The second kappa shape index (κ2) is 5.38. The van der Waals surface area contributed by atoms with Crippen molar-refractivity contribution in [1.29, 1.82) is 0 Å². The van der Waals surface area contributed by atoms with Crippen LogP contribution in [0, 0.1) is 6.92 Å². The van der Waals surface area contributed by atoms with Crippen LogP contribution in [0.15, 0.2) is 12.4 Å². The Morgan fingerprint density at radius 3 is 2.89 bits per heavy atom. The van der Waals surface area contributed by atoms with Crippen molar-refractivity contribution in [1.82, 2.24) is 9.78 Å². The number of hydrogen-bond acceptors (Lipinski definition) is 4. The smallest absolute Gasteiger partial charge is 0.163 e. The van der Waals surface area contributed by atoms with Gasteiger partial charge in [-0.25, -0.2) is 0 Å². The molecule has 0 spiro atoms. The molecule has 0 bridgehead atoms. The number of rotatable bonds is 5. The molecule has 2 heterocycles. The summed E-state index contributed by atoms with van der Waals surface area (Å²) >= 11 is 0. The molecular weight excluding hydrogens is 232 g/mol. The first-order valence-corrected chi connectivity index (χ1v) is 6.43. The van der Waals surface area contributed by atoms with Gasteiger partial charge in [-0.1, -0.05) is 0 Å². The van der Waals surface area contributed by atoms with Crippen LogP contribution >= 0.6 is 0 Å². The Kier molecular flexibility index (Phi) is 4.04. The third-order valence-corrected chi connectivity index (χ3v) is 3.17. The van der Waals surface area contributed by atoms with Crippen molar-refractivity contribution in [2.45, 2.75) is 51.5 Å². The first-order chi connectivity index (χ1) is 8.50. The average Bonchev–Trinajstić information content (AvgIpc) is 2.84. The molecule has 0 aliphatic carbocycles. The van der Waals surface area contributed by atoms with Crippen molar-refractivity contribution < 1.29 is 14.6 Å². The number of hydrogen-bond donors (Lipinski definition) is 1. The van der Waals surface area contributed by atoms with Crippen molar-refractivity contribution in [2.75, 3.05) is 13.2 Å². The van der Waals surface area contributed by atoms with Crippen molar-refractivity contribution in [3.63, 3.8) is 0 Å². The maximum atomic E-state index is 9.17. The van der Waals surface area contributed by atoms with E-state index in [1.54, 1.807) is 0 Å². The summed E-state index contributed by atoms with van der Waals surface area (Å²) in [6.45, 7) is 6.62. The molecular formula is C13H22N2O3. The normalized spacial score (nSPS) is 24.3. The van der Waals surface area contributed by atoms with Crippen molar-refractivity contribution in [3.8, 4) is 0 Å². The lowest BCUT2D eigenvalue weighted by molar-refractivity contribution is -0.140. The van der Waals surface area contributed by atoms with Gasteiger partial charge in [0.15, 0.2) is 5.79 Å². The monoisotopic (exact) mass is 254 g/mol. The number of nitrogens with zero attached hydrogens (tertiary/aromatic N) is 2. The Labute approximate surface area is 108 Å². The Hall–Kier alpha value is -0.910. The second-order valence-electron chi connectivity index (χ2n) is 5.35. The van der Waals surface area contributed by atoms with E-state index in [0.29, 0.717) is 13.0 Å². The molecule has 102 valence electrons. The Balaban J connectivity index is 1.99. The summed E-state index contributed by atoms with van der Waals surface area (Å²) in [6.07, 6.45) is 5.40. The summed E-state index contributed by atoms with van der Waals surface area (Å²) in [5.74, 6) is -0.492. The van der Waals surface area contributed by atoms with E-state index in [9.17, 15) is 0 Å². The molecule has 1 aliphatic heterocycles. The topological polar surface area (TPSA) is 56.5 Å². The van der Waals surface area contributed by atoms with Gasteiger partial charge in [-0.05, 0) is 39.2 Å². The van der Waals surface area contributed by atoms with E-state index in [2.05, 4.69) is 5.10 Å². The summed E-state index contributed by atoms with van der Waals surface area (Å²) in [6, 6.07) is 0.159. The van der Waals surface area contributed by atoms with Crippen molar-refractivity contribution in [2.24, 2.45) is 0 Å². The van der Waals surface area contributed by atoms with Crippen LogP contribution in [0.1, 0.15) is 38.3 Å². The van der Waals surface area contributed by atoms with Gasteiger partial charge in [-0.2, -0.15) is 5.10 Å². The second-order valence-corrected chi connectivity index (χ2v) is 5.35. The molecule has 1 aliphatic rings. The van der Waals surface area contributed by atoms with E-state index in [1.807, 2.05) is 37.8 Å². The predicted molar refractivity (Wildman–Crippen MR) is 67.2 cm³/mol. The zero-order valence-corrected chi connectivity index (χ0v) is 11.3. The molecule has 1 aromatic rings. The van der Waals surface area contributed by atoms with E-state index in [-0.39, 0.29) is 18.8 Å². The van der Waals surface area contributed by atoms with E-state index < -0.39 is 5.79 Å². The van der Waals surface area contributed by atoms with E-state index in [1.165, 1.54) is 0 Å². The number of ether oxygens (including phenoxy) is 2. The highest BCUT2D eigenvalue weighted by Crippen LogP contribution is 2.28. The van der Waals surface area contributed by atoms with Crippen LogP contribution in [-0.4, -0.2) is 40.0 Å². The minimum absolute atomic E-state index is 0.0704. The number of aromatic nitrogens is 2. The van der Waals surface area contributed by atoms with Gasteiger partial charge in [-0.15, -0.1) is 0 Å². The highest BCUT2D eigenvalue weighted by molar-refractivity contribution is 5.00. The minimum atomic E-state index is -0.492. The van der Waals surface area contributed by atoms with Crippen LogP contribution in [0.2, 0.25) is 0 Å². The van der Waals surface area contributed by atoms with Crippen molar-refractivity contribution >= 4 is 0 Å². The molecule has 2 atom stereocenters. The van der Waals surface area contributed by atoms with Gasteiger partial charge < -0.3 is 14.6 Å². The van der Waals surface area contributed by atoms with Gasteiger partial charge >= 0.3 is 0 Å². The molecule has 1 aromatic heterocycles. The molecule has 0 amide bonds. The number of aryl methyl sites for hydroxylation is 1. The molecule has 5 nitrogen and oxygen atoms in total. The summed E-state index contributed by atoms with van der Waals surface area (Å²) in [5.41, 5.74) is 1.13. The highest BCUT2D eigenvalue weighted by atomic mass is 16.7. The standard InChI is InChI=1S/C13H22N2O3/c1-10-7-14-15(8-10)11(4-5-16)6-12-9-17-13(2,3)18-12/h7-8,11-12,16H,4-6,9H2,1-3H3. The Bertz CT molecular complexity index is 389. The van der Waals surface area contributed by atoms with Crippen LogP contribution in [-0.2, 0) is 9.47 Å². The van der Waals surface area contributed by atoms with E-state index >= 15 is 0 Å². The Morgan fingerprint density at radius 2 is 2.39 bits per heavy atom. The van der Waals surface area contributed by atoms with Gasteiger partial charge in [-0.3, -0.25) is 4.68 Å². The van der Waals surface area contributed by atoms with Crippen molar-refractivity contribution in [3.05, 3.63) is 18.0 Å². The third kappa shape index (κ3) is 3.31. The van der Waals surface area contributed by atoms with Gasteiger partial charge in [0.2, 0.25) is 0 Å². The summed E-state index contributed by atoms with van der Waals surface area (Å²) in [5, 5.41) is 13.5. The van der Waals surface area contributed by atoms with Crippen LogP contribution in [0.25, 0.3) is 0 Å². The SMILES string of the molecule is Cc1cnn(C(CCO)CC2COC(C)(C)O2)c1. The molecule has 1 N–H and O–H groups in total. The van der Waals surface area contributed by atoms with Gasteiger partial charge in [0.05, 0.1) is 24.9 Å². The fourth-order valence-corrected chi connectivity index (χ4v) is 2.32. The molecule has 0 saturated carbocycles. The van der Waals surface area contributed by atoms with E-state index in [4.69, 9.17) is 14.6 Å². The summed E-state index contributed by atoms with van der Waals surface area (Å²) in [7, 11) is 0. The number of aliphatic hydroxyl groups excluding tert-OH is 1. The van der Waals surface area contributed by atoms with Crippen LogP contribution in [0.4, 0.5) is 0 Å². The predicted octanol–water partition coefficient (Wildman–Crippen LogP) is 1.66. The minimum Gasteiger partial charge on any atom is -0.396 e. The third-order valence-electron chi connectivity index (χ3n) is 3.17. The van der Waals surface area contributed by atoms with Gasteiger partial charge in [0, 0.05) is 12.8 Å². The molecule has 1 saturated heterocycles. The molecule has 2 rings (SSSR count). The quantitative estimate of drug-likeness (QED) is 0.868. The lowest BCUT2D eigenvalue weighted by atomic mass is 10.1. The molecule has 0 aromatic carbocycles. The first kappa shape index (κ1) is 13.5. The molecule has 18 heavy (non-hydrogen) atoms. The van der Waals surface area contributed by atoms with Crippen LogP contribution in [0.3, 0.4) is 0 Å². The number of aliphatic hydroxyl groups is 1. The zero-order chi connectivity index (χ0) is 13.2. The van der Waals surface area contributed by atoms with E-state index in [0.717, 1.165) is 12.0 Å². The first-order valence-electron chi connectivity index (χ1n) is 6.43. The average molecular weight is 254 g/mol. The fraction of sp³-hybridized carbons (Fsp3) is 0.769. The van der Waals surface area contributed by atoms with Gasteiger partial charge in [0.1, 0.15) is 0 Å². The maximum Gasteiger partial charge on any atom is 0.163 e. The van der Waals surface area contributed by atoms with Crippen LogP contribution < -0.4 is 0 Å². The highest BCUT2D eigenvalue weighted by Gasteiger charge is 2.34. The molecule has 0 radical (unpaired) electrons. The van der Waals surface area contributed by atoms with Gasteiger partial charge in [0.25, 0.3) is 0 Å². The lowest BCUT2D eigenvalue weighted by Gasteiger charge is -2.21. The molecule has 5 heteroatoms. The zero-order valence-electron chi connectivity index (χ0n) is 11.3. The Morgan fingerprint density at radius 1 is 1.61 bits per heavy atom. The molecule has 2 unspecified atom stereocenters. The van der Waals surface area contributed by atoms with Crippen LogP contribution in [0.5, 0.6) is 0 Å². The summed E-state index contributed by atoms with van der Waals surface area (Å²) < 4.78 is 13.3. The maximum absolute atomic E-state index is 9.17. The molecule has 1 fully saturated rings. The largest absolute Gasteiger partial charge is 0.396 e. The lowest BCUT2D eigenvalue weighted by Crippen LogP contribution is -2.24.